The molecule has 4 aromatic rings. The van der Waals surface area contributed by atoms with Gasteiger partial charge in [-0.2, -0.15) is 0 Å². The van der Waals surface area contributed by atoms with Gasteiger partial charge in [0.2, 0.25) is 0 Å². The Balaban J connectivity index is 1.81. The van der Waals surface area contributed by atoms with Gasteiger partial charge in [-0.1, -0.05) is 140 Å². The maximum atomic E-state index is 8.17. The molecule has 4 aromatic carbocycles. The summed E-state index contributed by atoms with van der Waals surface area (Å²) >= 11 is 8.17. The third-order valence-corrected chi connectivity index (χ3v) is 13.3. The van der Waals surface area contributed by atoms with E-state index >= 15 is 0 Å². The van der Waals surface area contributed by atoms with Crippen molar-refractivity contribution in [2.75, 3.05) is 0 Å². The van der Waals surface area contributed by atoms with E-state index < -0.39 is 20.2 Å². The van der Waals surface area contributed by atoms with Crippen molar-refractivity contribution >= 4 is 48.7 Å². The molecule has 0 N–H and O–H groups in total. The average Bonchev–Trinajstić information content (AvgIpc) is 3.43. The maximum Gasteiger partial charge on any atom is 0.120 e. The molecule has 0 aromatic heterocycles. The molecule has 3 heteroatoms. The Bertz CT molecular complexity index is 1070. The Labute approximate surface area is 204 Å². The van der Waals surface area contributed by atoms with Gasteiger partial charge in [-0.3, -0.25) is 0 Å². The molecule has 0 fully saturated rings. The minimum absolute atomic E-state index is 0.570. The standard InChI is InChI=1S/C30H25ClP2/c31-30(25-15-13-14-16-25,32(26-17-5-1-6-18-26)27-19-7-2-8-20-27)33(28-21-9-3-10-22-28)29-23-11-4-12-24-29/h1-15,17-24H,16H2. The van der Waals surface area contributed by atoms with Crippen molar-refractivity contribution < 1.29 is 0 Å². The summed E-state index contributed by atoms with van der Waals surface area (Å²) in [6.07, 6.45) is 7.55. The van der Waals surface area contributed by atoms with Crippen LogP contribution < -0.4 is 21.2 Å². The Hall–Kier alpha value is -2.49. The number of hydrogen-bond acceptors (Lipinski definition) is 0. The number of alkyl halides is 1. The molecule has 162 valence electrons. The summed E-state index contributed by atoms with van der Waals surface area (Å²) in [5, 5.41) is 5.23. The second kappa shape index (κ2) is 10.2. The van der Waals surface area contributed by atoms with Gasteiger partial charge in [-0.15, -0.1) is 11.6 Å². The van der Waals surface area contributed by atoms with Gasteiger partial charge < -0.3 is 0 Å². The summed E-state index contributed by atoms with van der Waals surface area (Å²) in [6.45, 7) is 0. The molecular weight excluding hydrogens is 458 g/mol. The van der Waals surface area contributed by atoms with Crippen molar-refractivity contribution in [3.05, 3.63) is 145 Å². The Morgan fingerprint density at radius 2 is 0.848 bits per heavy atom. The zero-order chi connectivity index (χ0) is 22.5. The summed E-state index contributed by atoms with van der Waals surface area (Å²) in [7, 11) is -1.82. The van der Waals surface area contributed by atoms with Gasteiger partial charge in [-0.05, 0) is 49.1 Å². The van der Waals surface area contributed by atoms with Crippen LogP contribution in [0.3, 0.4) is 0 Å². The van der Waals surface area contributed by atoms with E-state index in [2.05, 4.69) is 140 Å². The van der Waals surface area contributed by atoms with Crippen LogP contribution in [0.25, 0.3) is 0 Å². The first-order valence-electron chi connectivity index (χ1n) is 11.1. The van der Waals surface area contributed by atoms with Crippen molar-refractivity contribution in [3.63, 3.8) is 0 Å². The van der Waals surface area contributed by atoms with Crippen molar-refractivity contribution in [2.24, 2.45) is 0 Å². The van der Waals surface area contributed by atoms with E-state index in [1.165, 1.54) is 26.8 Å². The Kier molecular flexibility index (Phi) is 6.89. The second-order valence-electron chi connectivity index (χ2n) is 7.92. The number of halogens is 1. The van der Waals surface area contributed by atoms with E-state index in [1.54, 1.807) is 0 Å². The van der Waals surface area contributed by atoms with E-state index in [1.807, 2.05) is 0 Å². The van der Waals surface area contributed by atoms with Gasteiger partial charge in [0.05, 0.1) is 0 Å². The molecule has 0 bridgehead atoms. The molecule has 1 aliphatic carbocycles. The normalized spacial score (nSPS) is 13.5. The van der Waals surface area contributed by atoms with Crippen LogP contribution in [0.15, 0.2) is 145 Å². The van der Waals surface area contributed by atoms with E-state index in [9.17, 15) is 0 Å². The van der Waals surface area contributed by atoms with Crippen LogP contribution in [0, 0.1) is 0 Å². The van der Waals surface area contributed by atoms with Gasteiger partial charge >= 0.3 is 0 Å². The van der Waals surface area contributed by atoms with Gasteiger partial charge in [-0.25, -0.2) is 0 Å². The summed E-state index contributed by atoms with van der Waals surface area (Å²) < 4.78 is -0.570. The summed E-state index contributed by atoms with van der Waals surface area (Å²) in [4.78, 5) is 0. The lowest BCUT2D eigenvalue weighted by Gasteiger charge is -2.44. The van der Waals surface area contributed by atoms with Crippen LogP contribution in [-0.4, -0.2) is 4.36 Å². The van der Waals surface area contributed by atoms with Crippen LogP contribution in [0.1, 0.15) is 6.42 Å². The summed E-state index contributed by atoms with van der Waals surface area (Å²) in [5.74, 6) is 0. The highest BCUT2D eigenvalue weighted by atomic mass is 35.5. The predicted octanol–water partition coefficient (Wildman–Crippen LogP) is 7.03. The molecule has 0 radical (unpaired) electrons. The minimum atomic E-state index is -0.908. The lowest BCUT2D eigenvalue weighted by Crippen LogP contribution is -2.36. The number of allylic oxidation sites excluding steroid dienone is 4. The zero-order valence-electron chi connectivity index (χ0n) is 18.3. The minimum Gasteiger partial charge on any atom is -0.103 e. The maximum absolute atomic E-state index is 8.17. The van der Waals surface area contributed by atoms with Gasteiger partial charge in [0.25, 0.3) is 0 Å². The molecule has 0 nitrogen and oxygen atoms in total. The summed E-state index contributed by atoms with van der Waals surface area (Å²) in [5.41, 5.74) is 1.31. The fourth-order valence-electron chi connectivity index (χ4n) is 4.36. The monoisotopic (exact) mass is 482 g/mol. The molecule has 0 amide bonds. The van der Waals surface area contributed by atoms with Gasteiger partial charge in [0, 0.05) is 0 Å². The highest BCUT2D eigenvalue weighted by molar-refractivity contribution is 7.93. The molecule has 0 atom stereocenters. The van der Waals surface area contributed by atoms with E-state index in [0.717, 1.165) is 6.42 Å². The molecule has 0 saturated heterocycles. The first-order valence-corrected chi connectivity index (χ1v) is 14.2. The van der Waals surface area contributed by atoms with E-state index in [-0.39, 0.29) is 0 Å². The highest BCUT2D eigenvalue weighted by Gasteiger charge is 2.49. The van der Waals surface area contributed by atoms with Gasteiger partial charge in [0.1, 0.15) is 4.36 Å². The topological polar surface area (TPSA) is 0 Å². The lowest BCUT2D eigenvalue weighted by atomic mass is 10.3. The van der Waals surface area contributed by atoms with Crippen LogP contribution in [-0.2, 0) is 0 Å². The quantitative estimate of drug-likeness (QED) is 0.196. The van der Waals surface area contributed by atoms with E-state index in [4.69, 9.17) is 11.6 Å². The van der Waals surface area contributed by atoms with Crippen molar-refractivity contribution in [1.82, 2.24) is 0 Å². The third-order valence-electron chi connectivity index (χ3n) is 5.83. The fourth-order valence-corrected chi connectivity index (χ4v) is 12.6. The first-order chi connectivity index (χ1) is 16.3. The smallest absolute Gasteiger partial charge is 0.103 e. The van der Waals surface area contributed by atoms with Crippen LogP contribution in [0.5, 0.6) is 0 Å². The van der Waals surface area contributed by atoms with Crippen LogP contribution in [0.4, 0.5) is 0 Å². The zero-order valence-corrected chi connectivity index (χ0v) is 20.8. The molecule has 0 aliphatic heterocycles. The molecular formula is C30H25ClP2. The highest BCUT2D eigenvalue weighted by Crippen LogP contribution is 2.71. The predicted molar refractivity (Wildman–Crippen MR) is 149 cm³/mol. The number of hydrogen-bond donors (Lipinski definition) is 0. The SMILES string of the molecule is ClC(C1=CC=CC1)(P(c1ccccc1)c1ccccc1)P(c1ccccc1)c1ccccc1. The molecule has 0 spiro atoms. The van der Waals surface area contributed by atoms with Crippen molar-refractivity contribution in [3.8, 4) is 0 Å². The van der Waals surface area contributed by atoms with Crippen LogP contribution in [0.2, 0.25) is 0 Å². The van der Waals surface area contributed by atoms with Gasteiger partial charge in [0.15, 0.2) is 0 Å². The second-order valence-corrected chi connectivity index (χ2v) is 14.1. The van der Waals surface area contributed by atoms with Crippen molar-refractivity contribution in [1.29, 1.82) is 0 Å². The largest absolute Gasteiger partial charge is 0.120 e. The molecule has 33 heavy (non-hydrogen) atoms. The Morgan fingerprint density at radius 1 is 0.515 bits per heavy atom. The molecule has 0 unspecified atom stereocenters. The molecule has 0 saturated carbocycles. The number of rotatable bonds is 7. The molecule has 1 aliphatic rings. The average molecular weight is 483 g/mol. The van der Waals surface area contributed by atoms with Crippen molar-refractivity contribution in [2.45, 2.75) is 10.8 Å². The van der Waals surface area contributed by atoms with E-state index in [0.29, 0.717) is 0 Å². The molecule has 0 heterocycles. The Morgan fingerprint density at radius 3 is 1.12 bits per heavy atom. The lowest BCUT2D eigenvalue weighted by molar-refractivity contribution is 1.16. The fraction of sp³-hybridized carbons (Fsp3) is 0.0667. The third kappa shape index (κ3) is 4.49. The number of benzene rings is 4. The first kappa shape index (κ1) is 22.3. The molecule has 5 rings (SSSR count). The summed E-state index contributed by atoms with van der Waals surface area (Å²) in [6, 6.07) is 43.5. The van der Waals surface area contributed by atoms with Crippen LogP contribution >= 0.6 is 27.4 Å².